The monoisotopic (exact) mass is 493 g/mol. The summed E-state index contributed by atoms with van der Waals surface area (Å²) in [6.07, 6.45) is -1.06. The Labute approximate surface area is 202 Å². The highest BCUT2D eigenvalue weighted by atomic mass is 19.4. The Balaban J connectivity index is 1.49. The van der Waals surface area contributed by atoms with Crippen molar-refractivity contribution in [3.63, 3.8) is 0 Å². The number of aliphatic hydroxyl groups excluding tert-OH is 1. The molecule has 10 heteroatoms. The zero-order chi connectivity index (χ0) is 25.3. The summed E-state index contributed by atoms with van der Waals surface area (Å²) in [7, 11) is 0. The van der Waals surface area contributed by atoms with Gasteiger partial charge in [-0.15, -0.1) is 0 Å². The van der Waals surface area contributed by atoms with Gasteiger partial charge in [0.05, 0.1) is 29.3 Å². The summed E-state index contributed by atoms with van der Waals surface area (Å²) in [5.41, 5.74) is 3.60. The molecule has 0 aliphatic rings. The maximum atomic E-state index is 13.5. The predicted octanol–water partition coefficient (Wildman–Crippen LogP) is 5.72. The number of hydrogen-bond acceptors (Lipinski definition) is 5. The Morgan fingerprint density at radius 2 is 1.64 bits per heavy atom. The Morgan fingerprint density at radius 3 is 2.33 bits per heavy atom. The molecule has 0 fully saturated rings. The summed E-state index contributed by atoms with van der Waals surface area (Å²) in [5.74, 6) is -0.0946. The number of nitrogens with one attached hydrogen (secondary N) is 1. The molecule has 0 saturated carbocycles. The van der Waals surface area contributed by atoms with Crippen molar-refractivity contribution < 1.29 is 22.7 Å². The minimum absolute atomic E-state index is 0.143. The highest BCUT2D eigenvalue weighted by molar-refractivity contribution is 5.80. The molecule has 0 aliphatic heterocycles. The van der Waals surface area contributed by atoms with Crippen LogP contribution in [-0.2, 0) is 19.3 Å². The van der Waals surface area contributed by atoms with Gasteiger partial charge in [-0.2, -0.15) is 13.2 Å². The van der Waals surface area contributed by atoms with Crippen molar-refractivity contribution in [1.29, 1.82) is 0 Å². The molecular weight excluding hydrogens is 474 g/mol. The first-order valence-corrected chi connectivity index (χ1v) is 10.9. The number of hydrogen-bond donors (Lipinski definition) is 2. The molecule has 0 unspecified atom stereocenters. The van der Waals surface area contributed by atoms with Crippen LogP contribution < -0.4 is 5.32 Å². The number of benzene rings is 2. The van der Waals surface area contributed by atoms with E-state index in [0.717, 1.165) is 12.1 Å². The lowest BCUT2D eigenvalue weighted by atomic mass is 10.1. The van der Waals surface area contributed by atoms with Crippen molar-refractivity contribution in [2.24, 2.45) is 0 Å². The molecule has 5 aromatic rings. The molecule has 0 bridgehead atoms. The van der Waals surface area contributed by atoms with E-state index in [0.29, 0.717) is 39.4 Å². The number of aromatic nitrogens is 4. The second-order valence-electron chi connectivity index (χ2n) is 8.05. The number of alkyl halides is 3. The zero-order valence-corrected chi connectivity index (χ0v) is 18.7. The fraction of sp³-hybridized carbons (Fsp3) is 0.115. The molecule has 0 radical (unpaired) electrons. The van der Waals surface area contributed by atoms with E-state index in [9.17, 15) is 22.7 Å². The molecule has 3 heterocycles. The average Bonchev–Trinajstić information content (AvgIpc) is 3.26. The van der Waals surface area contributed by atoms with Gasteiger partial charge in [-0.05, 0) is 65.7 Å². The highest BCUT2D eigenvalue weighted by Gasteiger charge is 2.29. The van der Waals surface area contributed by atoms with E-state index in [1.165, 1.54) is 24.3 Å². The van der Waals surface area contributed by atoms with E-state index < -0.39 is 11.7 Å². The van der Waals surface area contributed by atoms with Crippen LogP contribution in [0.15, 0.2) is 79.1 Å². The predicted molar refractivity (Wildman–Crippen MR) is 126 cm³/mol. The van der Waals surface area contributed by atoms with Gasteiger partial charge in [0.25, 0.3) is 0 Å². The second-order valence-corrected chi connectivity index (χ2v) is 8.05. The molecule has 0 saturated heterocycles. The summed E-state index contributed by atoms with van der Waals surface area (Å²) < 4.78 is 53.8. The summed E-state index contributed by atoms with van der Waals surface area (Å²) in [5, 5.41) is 12.6. The molecular formula is C26H19F4N5O. The smallest absolute Gasteiger partial charge is 0.392 e. The fourth-order valence-electron chi connectivity index (χ4n) is 3.81. The normalized spacial score (nSPS) is 11.7. The SMILES string of the molecule is OCc1ccn2c(-c3ccnc(NCc4ccc(C(F)(F)F)cc4)n3)c(-c3ccc(F)cc3)nc2c1. The quantitative estimate of drug-likeness (QED) is 0.296. The van der Waals surface area contributed by atoms with Gasteiger partial charge in [0.2, 0.25) is 5.95 Å². The lowest BCUT2D eigenvalue weighted by molar-refractivity contribution is -0.137. The number of halogens is 4. The zero-order valence-electron chi connectivity index (χ0n) is 18.7. The molecule has 0 spiro atoms. The minimum atomic E-state index is -4.39. The summed E-state index contributed by atoms with van der Waals surface area (Å²) in [6.45, 7) is 0.0789. The number of nitrogens with zero attached hydrogens (tertiary/aromatic N) is 4. The summed E-state index contributed by atoms with van der Waals surface area (Å²) in [4.78, 5) is 13.5. The lowest BCUT2D eigenvalue weighted by Gasteiger charge is -2.10. The van der Waals surface area contributed by atoms with Crippen molar-refractivity contribution in [3.8, 4) is 22.6 Å². The number of rotatable bonds is 6. The van der Waals surface area contributed by atoms with Crippen molar-refractivity contribution in [2.45, 2.75) is 19.3 Å². The van der Waals surface area contributed by atoms with E-state index in [4.69, 9.17) is 4.98 Å². The largest absolute Gasteiger partial charge is 0.416 e. The molecule has 6 nitrogen and oxygen atoms in total. The molecule has 36 heavy (non-hydrogen) atoms. The van der Waals surface area contributed by atoms with E-state index in [2.05, 4.69) is 15.3 Å². The molecule has 0 aliphatic carbocycles. The third-order valence-electron chi connectivity index (χ3n) is 5.62. The maximum Gasteiger partial charge on any atom is 0.416 e. The minimum Gasteiger partial charge on any atom is -0.392 e. The Morgan fingerprint density at radius 1 is 0.889 bits per heavy atom. The number of aliphatic hydroxyl groups is 1. The van der Waals surface area contributed by atoms with E-state index in [1.807, 2.05) is 4.40 Å². The van der Waals surface area contributed by atoms with Crippen LogP contribution in [-0.4, -0.2) is 24.5 Å². The van der Waals surface area contributed by atoms with Crippen LogP contribution in [0.2, 0.25) is 0 Å². The Hall–Kier alpha value is -4.31. The Kier molecular flexibility index (Phi) is 6.11. The molecule has 182 valence electrons. The molecule has 3 aromatic heterocycles. The van der Waals surface area contributed by atoms with E-state index in [1.54, 1.807) is 42.7 Å². The Bertz CT molecular complexity index is 1510. The van der Waals surface area contributed by atoms with Crippen LogP contribution in [0.5, 0.6) is 0 Å². The van der Waals surface area contributed by atoms with Gasteiger partial charge in [-0.25, -0.2) is 19.3 Å². The second kappa shape index (κ2) is 9.38. The highest BCUT2D eigenvalue weighted by Crippen LogP contribution is 2.33. The van der Waals surface area contributed by atoms with Crippen LogP contribution in [0.25, 0.3) is 28.3 Å². The third kappa shape index (κ3) is 4.76. The van der Waals surface area contributed by atoms with Gasteiger partial charge < -0.3 is 10.4 Å². The molecule has 0 amide bonds. The number of imidazole rings is 1. The van der Waals surface area contributed by atoms with E-state index >= 15 is 0 Å². The van der Waals surface area contributed by atoms with Crippen molar-refractivity contribution >= 4 is 11.6 Å². The van der Waals surface area contributed by atoms with Crippen LogP contribution in [0.3, 0.4) is 0 Å². The van der Waals surface area contributed by atoms with Gasteiger partial charge in [-0.3, -0.25) is 4.40 Å². The summed E-state index contributed by atoms with van der Waals surface area (Å²) in [6, 6.07) is 16.0. The first-order chi connectivity index (χ1) is 17.3. The lowest BCUT2D eigenvalue weighted by Crippen LogP contribution is -2.07. The molecule has 0 atom stereocenters. The van der Waals surface area contributed by atoms with E-state index in [-0.39, 0.29) is 24.9 Å². The first-order valence-electron chi connectivity index (χ1n) is 10.9. The van der Waals surface area contributed by atoms with Crippen molar-refractivity contribution in [3.05, 3.63) is 102 Å². The van der Waals surface area contributed by atoms with Gasteiger partial charge in [0, 0.05) is 24.5 Å². The van der Waals surface area contributed by atoms with Gasteiger partial charge in [-0.1, -0.05) is 12.1 Å². The van der Waals surface area contributed by atoms with Crippen LogP contribution in [0.4, 0.5) is 23.5 Å². The topological polar surface area (TPSA) is 75.3 Å². The van der Waals surface area contributed by atoms with Crippen LogP contribution in [0, 0.1) is 5.82 Å². The number of fused-ring (bicyclic) bond motifs is 1. The van der Waals surface area contributed by atoms with Gasteiger partial charge in [0.1, 0.15) is 11.5 Å². The number of anilines is 1. The average molecular weight is 493 g/mol. The number of pyridine rings is 1. The maximum absolute atomic E-state index is 13.5. The van der Waals surface area contributed by atoms with Crippen LogP contribution in [0.1, 0.15) is 16.7 Å². The van der Waals surface area contributed by atoms with Crippen molar-refractivity contribution in [1.82, 2.24) is 19.4 Å². The van der Waals surface area contributed by atoms with Gasteiger partial charge in [0.15, 0.2) is 0 Å². The molecule has 2 aromatic carbocycles. The first kappa shape index (κ1) is 23.4. The van der Waals surface area contributed by atoms with Crippen molar-refractivity contribution in [2.75, 3.05) is 5.32 Å². The molecule has 2 N–H and O–H groups in total. The third-order valence-corrected chi connectivity index (χ3v) is 5.62. The van der Waals surface area contributed by atoms with Crippen LogP contribution >= 0.6 is 0 Å². The fourth-order valence-corrected chi connectivity index (χ4v) is 3.81. The standard InChI is InChI=1S/C26H19F4N5O/c27-20-7-3-18(4-8-20)23-24(35-12-10-17(15-36)13-22(35)34-23)21-9-11-31-25(33-21)32-14-16-1-5-19(6-2-16)26(28,29)30/h1-13,36H,14-15H2,(H,31,32,33). The molecule has 5 rings (SSSR count). The van der Waals surface area contributed by atoms with Gasteiger partial charge >= 0.3 is 6.18 Å². The summed E-state index contributed by atoms with van der Waals surface area (Å²) >= 11 is 0.